The van der Waals surface area contributed by atoms with Gasteiger partial charge in [-0.15, -0.1) is 0 Å². The standard InChI is InChI=1S/C14H18ClN3O/c15-11-3-1-4-12-13(11)17-14(16)18(12)7-2-8-19-9-10-5-6-10/h1,3-4,10H,2,5-9H2,(H2,16,17). The SMILES string of the molecule is Nc1nc2c(Cl)cccc2n1CCCOCC1CC1. The summed E-state index contributed by atoms with van der Waals surface area (Å²) in [6.45, 7) is 2.50. The van der Waals surface area contributed by atoms with E-state index in [9.17, 15) is 0 Å². The van der Waals surface area contributed by atoms with Gasteiger partial charge in [0.1, 0.15) is 5.52 Å². The van der Waals surface area contributed by atoms with Crippen molar-refractivity contribution in [1.82, 2.24) is 9.55 Å². The number of imidazole rings is 1. The predicted octanol–water partition coefficient (Wildman–Crippen LogP) is 3.09. The molecule has 0 atom stereocenters. The third kappa shape index (κ3) is 2.85. The molecule has 102 valence electrons. The van der Waals surface area contributed by atoms with Gasteiger partial charge in [0.05, 0.1) is 10.5 Å². The Morgan fingerprint density at radius 2 is 2.26 bits per heavy atom. The zero-order valence-corrected chi connectivity index (χ0v) is 11.6. The number of ether oxygens (including phenoxy) is 1. The predicted molar refractivity (Wildman–Crippen MR) is 77.3 cm³/mol. The molecule has 0 aliphatic heterocycles. The van der Waals surface area contributed by atoms with Crippen molar-refractivity contribution in [1.29, 1.82) is 0 Å². The van der Waals surface area contributed by atoms with Gasteiger partial charge in [-0.25, -0.2) is 4.98 Å². The Kier molecular flexibility index (Phi) is 3.62. The van der Waals surface area contributed by atoms with Crippen molar-refractivity contribution in [2.75, 3.05) is 18.9 Å². The second-order valence-corrected chi connectivity index (χ2v) is 5.51. The summed E-state index contributed by atoms with van der Waals surface area (Å²) < 4.78 is 7.63. The van der Waals surface area contributed by atoms with Gasteiger partial charge in [-0.2, -0.15) is 0 Å². The number of aryl methyl sites for hydroxylation is 1. The highest BCUT2D eigenvalue weighted by molar-refractivity contribution is 6.35. The first-order valence-corrected chi connectivity index (χ1v) is 7.11. The largest absolute Gasteiger partial charge is 0.381 e. The number of nitrogens with zero attached hydrogens (tertiary/aromatic N) is 2. The van der Waals surface area contributed by atoms with Crippen molar-refractivity contribution in [3.8, 4) is 0 Å². The fourth-order valence-electron chi connectivity index (χ4n) is 2.23. The van der Waals surface area contributed by atoms with Crippen LogP contribution in [0.2, 0.25) is 5.02 Å². The first-order chi connectivity index (χ1) is 9.25. The number of rotatable bonds is 6. The van der Waals surface area contributed by atoms with Gasteiger partial charge in [0.25, 0.3) is 0 Å². The second-order valence-electron chi connectivity index (χ2n) is 5.10. The first-order valence-electron chi connectivity index (χ1n) is 6.73. The van der Waals surface area contributed by atoms with Gasteiger partial charge in [-0.05, 0) is 37.3 Å². The fourth-order valence-corrected chi connectivity index (χ4v) is 2.44. The molecule has 1 fully saturated rings. The van der Waals surface area contributed by atoms with E-state index in [0.29, 0.717) is 11.0 Å². The van der Waals surface area contributed by atoms with Crippen molar-refractivity contribution in [3.63, 3.8) is 0 Å². The summed E-state index contributed by atoms with van der Waals surface area (Å²) in [5, 5.41) is 0.646. The Balaban J connectivity index is 1.63. The molecule has 0 amide bonds. The Bertz CT molecular complexity index is 577. The van der Waals surface area contributed by atoms with Crippen LogP contribution in [0, 0.1) is 5.92 Å². The van der Waals surface area contributed by atoms with Crippen LogP contribution in [0.3, 0.4) is 0 Å². The third-order valence-corrected chi connectivity index (χ3v) is 3.79. The van der Waals surface area contributed by atoms with Crippen molar-refractivity contribution in [2.24, 2.45) is 5.92 Å². The van der Waals surface area contributed by atoms with E-state index in [2.05, 4.69) is 4.98 Å². The van der Waals surface area contributed by atoms with Crippen molar-refractivity contribution < 1.29 is 4.74 Å². The maximum absolute atomic E-state index is 6.11. The lowest BCUT2D eigenvalue weighted by Crippen LogP contribution is -2.07. The van der Waals surface area contributed by atoms with Crippen LogP contribution in [0.4, 0.5) is 5.95 Å². The lowest BCUT2D eigenvalue weighted by molar-refractivity contribution is 0.119. The molecule has 1 aromatic carbocycles. The van der Waals surface area contributed by atoms with E-state index in [-0.39, 0.29) is 0 Å². The molecule has 4 nitrogen and oxygen atoms in total. The summed E-state index contributed by atoms with van der Waals surface area (Å²) in [7, 11) is 0. The molecule has 1 aliphatic rings. The number of aromatic nitrogens is 2. The summed E-state index contributed by atoms with van der Waals surface area (Å²) in [5.74, 6) is 1.34. The number of nitrogens with two attached hydrogens (primary N) is 1. The quantitative estimate of drug-likeness (QED) is 0.827. The van der Waals surface area contributed by atoms with Crippen molar-refractivity contribution in [2.45, 2.75) is 25.8 Å². The highest BCUT2D eigenvalue weighted by Gasteiger charge is 2.20. The maximum atomic E-state index is 6.11. The fraction of sp³-hybridized carbons (Fsp3) is 0.500. The molecule has 2 N–H and O–H groups in total. The molecule has 1 aromatic heterocycles. The Hall–Kier alpha value is -1.26. The van der Waals surface area contributed by atoms with Crippen molar-refractivity contribution >= 4 is 28.6 Å². The number of anilines is 1. The van der Waals surface area contributed by atoms with E-state index in [4.69, 9.17) is 22.1 Å². The molecular formula is C14H18ClN3O. The van der Waals surface area contributed by atoms with E-state index in [1.165, 1.54) is 12.8 Å². The van der Waals surface area contributed by atoms with E-state index >= 15 is 0 Å². The van der Waals surface area contributed by atoms with Crippen LogP contribution in [0.15, 0.2) is 18.2 Å². The number of halogens is 1. The second kappa shape index (κ2) is 5.39. The molecule has 3 rings (SSSR count). The van der Waals surface area contributed by atoms with Gasteiger partial charge in [-0.1, -0.05) is 17.7 Å². The van der Waals surface area contributed by atoms with Crippen LogP contribution in [0.1, 0.15) is 19.3 Å². The average Bonchev–Trinajstić information content (AvgIpc) is 3.15. The van der Waals surface area contributed by atoms with Crippen LogP contribution < -0.4 is 5.73 Å². The lowest BCUT2D eigenvalue weighted by Gasteiger charge is -2.07. The molecule has 1 aliphatic carbocycles. The van der Waals surface area contributed by atoms with Gasteiger partial charge < -0.3 is 15.0 Å². The van der Waals surface area contributed by atoms with E-state index in [1.807, 2.05) is 22.8 Å². The summed E-state index contributed by atoms with van der Waals surface area (Å²) in [6, 6.07) is 5.75. The Morgan fingerprint density at radius 3 is 3.05 bits per heavy atom. The monoisotopic (exact) mass is 279 g/mol. The summed E-state index contributed by atoms with van der Waals surface area (Å²) in [6.07, 6.45) is 3.60. The number of fused-ring (bicyclic) bond motifs is 1. The van der Waals surface area contributed by atoms with Gasteiger partial charge in [0.15, 0.2) is 0 Å². The zero-order valence-electron chi connectivity index (χ0n) is 10.8. The number of hydrogen-bond donors (Lipinski definition) is 1. The highest BCUT2D eigenvalue weighted by Crippen LogP contribution is 2.29. The first kappa shape index (κ1) is 12.8. The van der Waals surface area contributed by atoms with Gasteiger partial charge >= 0.3 is 0 Å². The minimum atomic E-state index is 0.519. The van der Waals surface area contributed by atoms with Gasteiger partial charge in [-0.3, -0.25) is 0 Å². The molecule has 0 spiro atoms. The van der Waals surface area contributed by atoms with Crippen LogP contribution in [0.25, 0.3) is 11.0 Å². The molecule has 1 saturated carbocycles. The molecule has 0 bridgehead atoms. The van der Waals surface area contributed by atoms with Gasteiger partial charge in [0.2, 0.25) is 5.95 Å². The maximum Gasteiger partial charge on any atom is 0.201 e. The van der Waals surface area contributed by atoms with Crippen molar-refractivity contribution in [3.05, 3.63) is 23.2 Å². The smallest absolute Gasteiger partial charge is 0.201 e. The number of nitrogen functional groups attached to an aromatic ring is 1. The van der Waals surface area contributed by atoms with Crippen LogP contribution in [0.5, 0.6) is 0 Å². The number of hydrogen-bond acceptors (Lipinski definition) is 3. The van der Waals surface area contributed by atoms with Gasteiger partial charge in [0, 0.05) is 19.8 Å². The molecule has 0 radical (unpaired) electrons. The molecule has 5 heteroatoms. The molecule has 19 heavy (non-hydrogen) atoms. The summed E-state index contributed by atoms with van der Waals surface area (Å²) in [5.41, 5.74) is 7.72. The number of benzene rings is 1. The van der Waals surface area contributed by atoms with Crippen LogP contribution in [-0.2, 0) is 11.3 Å². The molecule has 1 heterocycles. The minimum Gasteiger partial charge on any atom is -0.381 e. The Morgan fingerprint density at radius 1 is 1.42 bits per heavy atom. The molecule has 0 unspecified atom stereocenters. The minimum absolute atomic E-state index is 0.519. The topological polar surface area (TPSA) is 53.1 Å². The normalized spacial score (nSPS) is 15.2. The average molecular weight is 280 g/mol. The highest BCUT2D eigenvalue weighted by atomic mass is 35.5. The zero-order chi connectivity index (χ0) is 13.2. The third-order valence-electron chi connectivity index (χ3n) is 3.48. The van der Waals surface area contributed by atoms with E-state index in [1.54, 1.807) is 0 Å². The molecular weight excluding hydrogens is 262 g/mol. The lowest BCUT2D eigenvalue weighted by atomic mass is 10.3. The Labute approximate surface area is 117 Å². The van der Waals surface area contributed by atoms with Crippen LogP contribution >= 0.6 is 11.6 Å². The molecule has 0 saturated heterocycles. The summed E-state index contributed by atoms with van der Waals surface area (Å²) in [4.78, 5) is 4.32. The number of para-hydroxylation sites is 1. The van der Waals surface area contributed by atoms with E-state index < -0.39 is 0 Å². The summed E-state index contributed by atoms with van der Waals surface area (Å²) >= 11 is 6.11. The molecule has 2 aromatic rings. The van der Waals surface area contributed by atoms with Crippen LogP contribution in [-0.4, -0.2) is 22.8 Å². The van der Waals surface area contributed by atoms with E-state index in [0.717, 1.165) is 43.1 Å².